The summed E-state index contributed by atoms with van der Waals surface area (Å²) in [5.74, 6) is 0. The van der Waals surface area contributed by atoms with Gasteiger partial charge in [0.2, 0.25) is 0 Å². The van der Waals surface area contributed by atoms with Crippen LogP contribution in [0.5, 0.6) is 0 Å². The first-order chi connectivity index (χ1) is 6.45. The predicted octanol–water partition coefficient (Wildman–Crippen LogP) is 3.68. The first-order valence-electron chi connectivity index (χ1n) is 4.27. The van der Waals surface area contributed by atoms with Crippen molar-refractivity contribution in [2.45, 2.75) is 51.2 Å². The van der Waals surface area contributed by atoms with Gasteiger partial charge in [-0.25, -0.2) is 0 Å². The molecule has 15 heavy (non-hydrogen) atoms. The van der Waals surface area contributed by atoms with Crippen molar-refractivity contribution in [1.82, 2.24) is 0 Å². The summed E-state index contributed by atoms with van der Waals surface area (Å²) in [5, 5.41) is 0. The number of hydrogen-bond donors (Lipinski definition) is 0. The molecule has 1 nitrogen and oxygen atoms in total. The quantitative estimate of drug-likeness (QED) is 0.681. The van der Waals surface area contributed by atoms with Crippen molar-refractivity contribution >= 4 is 0 Å². The molecule has 0 fully saturated rings. The van der Waals surface area contributed by atoms with Gasteiger partial charge in [-0.05, 0) is 20.3 Å². The molecule has 0 heterocycles. The lowest BCUT2D eigenvalue weighted by atomic mass is 10.1. The summed E-state index contributed by atoms with van der Waals surface area (Å²) in [7, 11) is 0. The zero-order valence-electron chi connectivity index (χ0n) is 8.46. The highest BCUT2D eigenvalue weighted by molar-refractivity contribution is 4.92. The van der Waals surface area contributed by atoms with Crippen molar-refractivity contribution in [3.8, 4) is 0 Å². The molecule has 0 N–H and O–H groups in total. The fraction of sp³-hybridized carbons (Fsp3) is 1.00. The minimum absolute atomic E-state index is 0.000833. The molecule has 7 heteroatoms. The number of rotatable bonds is 3. The fourth-order valence-electron chi connectivity index (χ4n) is 0.780. The Kier molecular flexibility index (Phi) is 4.06. The van der Waals surface area contributed by atoms with Crippen molar-refractivity contribution < 1.29 is 31.1 Å². The molecular formula is C8H12F6O. The van der Waals surface area contributed by atoms with Gasteiger partial charge in [-0.3, -0.25) is 0 Å². The topological polar surface area (TPSA) is 9.23 Å². The van der Waals surface area contributed by atoms with E-state index in [1.165, 1.54) is 6.92 Å². The van der Waals surface area contributed by atoms with E-state index in [9.17, 15) is 26.3 Å². The lowest BCUT2D eigenvalue weighted by Crippen LogP contribution is -2.57. The number of hydrogen-bond acceptors (Lipinski definition) is 1. The second-order valence-electron chi connectivity index (χ2n) is 3.37. The summed E-state index contributed by atoms with van der Waals surface area (Å²) in [6, 6.07) is 0. The number of ether oxygens (including phenoxy) is 1. The Morgan fingerprint density at radius 1 is 1.00 bits per heavy atom. The van der Waals surface area contributed by atoms with Crippen molar-refractivity contribution in [2.75, 3.05) is 0 Å². The highest BCUT2D eigenvalue weighted by atomic mass is 19.4. The van der Waals surface area contributed by atoms with E-state index in [2.05, 4.69) is 4.74 Å². The maximum Gasteiger partial charge on any atom is 0.426 e. The van der Waals surface area contributed by atoms with E-state index in [-0.39, 0.29) is 13.3 Å². The summed E-state index contributed by atoms with van der Waals surface area (Å²) in [6.45, 7) is 2.60. The molecule has 0 bridgehead atoms. The maximum atomic E-state index is 12.3. The average molecular weight is 238 g/mol. The molecule has 0 amide bonds. The number of halogens is 6. The van der Waals surface area contributed by atoms with Gasteiger partial charge in [0.1, 0.15) is 0 Å². The zero-order chi connectivity index (χ0) is 12.5. The van der Waals surface area contributed by atoms with Crippen LogP contribution in [0.2, 0.25) is 0 Å². The standard InChI is InChI=1S/C8H12F6O/c1-4-5(2)15-6(3,7(9,10)11)8(12,13)14/h5H,4H2,1-3H3. The molecule has 0 spiro atoms. The highest BCUT2D eigenvalue weighted by Crippen LogP contribution is 2.46. The zero-order valence-corrected chi connectivity index (χ0v) is 8.46. The van der Waals surface area contributed by atoms with Gasteiger partial charge < -0.3 is 4.74 Å². The third-order valence-electron chi connectivity index (χ3n) is 2.09. The van der Waals surface area contributed by atoms with Gasteiger partial charge in [0.25, 0.3) is 5.60 Å². The Hall–Kier alpha value is -0.460. The Labute approximate surface area is 83.4 Å². The first kappa shape index (κ1) is 14.5. The Morgan fingerprint density at radius 3 is 1.53 bits per heavy atom. The fourth-order valence-corrected chi connectivity index (χ4v) is 0.780. The van der Waals surface area contributed by atoms with Crippen LogP contribution in [-0.4, -0.2) is 24.1 Å². The van der Waals surface area contributed by atoms with Crippen LogP contribution >= 0.6 is 0 Å². The minimum atomic E-state index is -5.48. The van der Waals surface area contributed by atoms with Crippen molar-refractivity contribution in [2.24, 2.45) is 0 Å². The van der Waals surface area contributed by atoms with Gasteiger partial charge in [-0.15, -0.1) is 0 Å². The van der Waals surface area contributed by atoms with E-state index in [1.54, 1.807) is 0 Å². The summed E-state index contributed by atoms with van der Waals surface area (Å²) < 4.78 is 77.6. The molecule has 0 rings (SSSR count). The van der Waals surface area contributed by atoms with Gasteiger partial charge in [0, 0.05) is 0 Å². The van der Waals surface area contributed by atoms with Gasteiger partial charge in [0.05, 0.1) is 6.10 Å². The first-order valence-corrected chi connectivity index (χ1v) is 4.27. The molecule has 0 saturated carbocycles. The van der Waals surface area contributed by atoms with E-state index in [1.807, 2.05) is 0 Å². The van der Waals surface area contributed by atoms with Crippen molar-refractivity contribution in [3.05, 3.63) is 0 Å². The van der Waals surface area contributed by atoms with E-state index < -0.39 is 24.1 Å². The van der Waals surface area contributed by atoms with E-state index in [0.29, 0.717) is 0 Å². The van der Waals surface area contributed by atoms with Crippen LogP contribution in [-0.2, 0) is 4.74 Å². The third kappa shape index (κ3) is 2.99. The Morgan fingerprint density at radius 2 is 1.33 bits per heavy atom. The summed E-state index contributed by atoms with van der Waals surface area (Å²) in [4.78, 5) is 0. The molecule has 0 aromatic carbocycles. The minimum Gasteiger partial charge on any atom is -0.355 e. The molecule has 0 aliphatic rings. The molecule has 0 aromatic rings. The van der Waals surface area contributed by atoms with Crippen LogP contribution < -0.4 is 0 Å². The van der Waals surface area contributed by atoms with E-state index in [0.717, 1.165) is 6.92 Å². The Balaban J connectivity index is 5.06. The molecule has 0 radical (unpaired) electrons. The van der Waals surface area contributed by atoms with Crippen LogP contribution in [0.25, 0.3) is 0 Å². The van der Waals surface area contributed by atoms with Gasteiger partial charge in [-0.2, -0.15) is 26.3 Å². The summed E-state index contributed by atoms with van der Waals surface area (Å²) in [5.41, 5.74) is -4.10. The van der Waals surface area contributed by atoms with Crippen molar-refractivity contribution in [3.63, 3.8) is 0 Å². The van der Waals surface area contributed by atoms with Crippen LogP contribution in [0.4, 0.5) is 26.3 Å². The SMILES string of the molecule is CCC(C)OC(C)(C(F)(F)F)C(F)(F)F. The Bertz CT molecular complexity index is 192. The van der Waals surface area contributed by atoms with Gasteiger partial charge >= 0.3 is 12.4 Å². The smallest absolute Gasteiger partial charge is 0.355 e. The lowest BCUT2D eigenvalue weighted by Gasteiger charge is -2.35. The normalized spacial score (nSPS) is 16.6. The molecule has 0 aliphatic heterocycles. The van der Waals surface area contributed by atoms with Gasteiger partial charge in [-0.1, -0.05) is 6.92 Å². The average Bonchev–Trinajstić information content (AvgIpc) is 1.99. The second-order valence-corrected chi connectivity index (χ2v) is 3.37. The molecule has 0 saturated heterocycles. The maximum absolute atomic E-state index is 12.3. The molecule has 1 atom stereocenters. The van der Waals surface area contributed by atoms with Gasteiger partial charge in [0.15, 0.2) is 0 Å². The molecule has 92 valence electrons. The lowest BCUT2D eigenvalue weighted by molar-refractivity contribution is -0.382. The number of alkyl halides is 6. The largest absolute Gasteiger partial charge is 0.426 e. The van der Waals surface area contributed by atoms with Crippen LogP contribution in [0.15, 0.2) is 0 Å². The monoisotopic (exact) mass is 238 g/mol. The molecule has 0 aromatic heterocycles. The summed E-state index contributed by atoms with van der Waals surface area (Å²) >= 11 is 0. The van der Waals surface area contributed by atoms with Crippen molar-refractivity contribution in [1.29, 1.82) is 0 Å². The van der Waals surface area contributed by atoms with Crippen LogP contribution in [0.3, 0.4) is 0 Å². The van der Waals surface area contributed by atoms with Crippen LogP contribution in [0, 0.1) is 0 Å². The molecular weight excluding hydrogens is 226 g/mol. The highest BCUT2D eigenvalue weighted by Gasteiger charge is 2.69. The molecule has 0 aliphatic carbocycles. The van der Waals surface area contributed by atoms with E-state index >= 15 is 0 Å². The summed E-state index contributed by atoms with van der Waals surface area (Å²) in [6.07, 6.45) is -12.0. The third-order valence-corrected chi connectivity index (χ3v) is 2.09. The van der Waals surface area contributed by atoms with E-state index in [4.69, 9.17) is 0 Å². The van der Waals surface area contributed by atoms with Crippen LogP contribution in [0.1, 0.15) is 27.2 Å². The molecule has 1 unspecified atom stereocenters. The second kappa shape index (κ2) is 4.19. The predicted molar refractivity (Wildman–Crippen MR) is 41.4 cm³/mol.